The summed E-state index contributed by atoms with van der Waals surface area (Å²) in [5.74, 6) is 2.14. The number of benzene rings is 1. The molecule has 4 bridgehead atoms. The number of carbonyl (C=O) groups excluding carboxylic acids is 1. The lowest BCUT2D eigenvalue weighted by Crippen LogP contribution is -2.61. The number of amides is 1. The van der Waals surface area contributed by atoms with E-state index in [-0.39, 0.29) is 11.9 Å². The first-order valence-corrected chi connectivity index (χ1v) is 12.5. The van der Waals surface area contributed by atoms with E-state index in [1.165, 1.54) is 0 Å². The number of nitrogens with zero attached hydrogens (tertiary/aromatic N) is 4. The number of hydrogen-bond donors (Lipinski definition) is 2. The minimum atomic E-state index is -0.490. The highest BCUT2D eigenvalue weighted by atomic mass is 16.3. The maximum Gasteiger partial charge on any atom is 0.270 e. The molecule has 1 aliphatic heterocycles. The van der Waals surface area contributed by atoms with Crippen LogP contribution in [0.5, 0.6) is 0 Å². The predicted molar refractivity (Wildman–Crippen MR) is 130 cm³/mol. The van der Waals surface area contributed by atoms with Crippen molar-refractivity contribution in [3.63, 3.8) is 0 Å². The third-order valence-corrected chi connectivity index (χ3v) is 8.47. The molecule has 0 spiro atoms. The van der Waals surface area contributed by atoms with Crippen LogP contribution < -0.4 is 15.1 Å². The molecule has 1 aromatic carbocycles. The number of aromatic nitrogens is 1. The number of pyridine rings is 1. The first-order valence-electron chi connectivity index (χ1n) is 12.5. The van der Waals surface area contributed by atoms with Crippen LogP contribution in [0.15, 0.2) is 42.5 Å². The Bertz CT molecular complexity index is 1100. The zero-order chi connectivity index (χ0) is 23.3. The normalized spacial score (nSPS) is 31.9. The van der Waals surface area contributed by atoms with Crippen LogP contribution in [0.1, 0.15) is 48.2 Å². The highest BCUT2D eigenvalue weighted by Crippen LogP contribution is 2.55. The van der Waals surface area contributed by atoms with Crippen molar-refractivity contribution in [3.05, 3.63) is 53.7 Å². The number of nitriles is 1. The minimum absolute atomic E-state index is 0.0949. The molecule has 4 aliphatic carbocycles. The lowest BCUT2D eigenvalue weighted by atomic mass is 9.52. The van der Waals surface area contributed by atoms with Gasteiger partial charge in [0.25, 0.3) is 5.91 Å². The van der Waals surface area contributed by atoms with Gasteiger partial charge in [0.05, 0.1) is 17.2 Å². The van der Waals surface area contributed by atoms with Gasteiger partial charge in [-0.25, -0.2) is 4.98 Å². The standard InChI is InChI=1S/C27H31N5O2/c28-17-18-4-6-22(7-5-18)31-8-10-32(11-9-31)24-3-1-2-23(29-24)26(33)30-25-20-12-19-13-21(25)16-27(34,14-19)15-20/h1-7,19-21,25,34H,8-16H2,(H,30,33). The van der Waals surface area contributed by atoms with Crippen LogP contribution in [-0.4, -0.2) is 53.8 Å². The van der Waals surface area contributed by atoms with Crippen molar-refractivity contribution in [2.24, 2.45) is 17.8 Å². The van der Waals surface area contributed by atoms with Gasteiger partial charge in [0.2, 0.25) is 0 Å². The number of nitrogens with one attached hydrogen (secondary N) is 1. The number of hydrogen-bond acceptors (Lipinski definition) is 6. The number of anilines is 2. The van der Waals surface area contributed by atoms with Crippen molar-refractivity contribution in [3.8, 4) is 6.07 Å². The molecule has 7 heteroatoms. The van der Waals surface area contributed by atoms with Gasteiger partial charge in [-0.05, 0) is 86.3 Å². The molecule has 2 N–H and O–H groups in total. The maximum atomic E-state index is 13.2. The van der Waals surface area contributed by atoms with E-state index in [4.69, 9.17) is 10.2 Å². The van der Waals surface area contributed by atoms with E-state index >= 15 is 0 Å². The van der Waals surface area contributed by atoms with E-state index in [2.05, 4.69) is 21.2 Å². The average molecular weight is 458 g/mol. The first-order chi connectivity index (χ1) is 16.5. The van der Waals surface area contributed by atoms with Crippen LogP contribution in [-0.2, 0) is 0 Å². The van der Waals surface area contributed by atoms with Crippen LogP contribution in [0.4, 0.5) is 11.5 Å². The van der Waals surface area contributed by atoms with Crippen LogP contribution in [0, 0.1) is 29.1 Å². The third kappa shape index (κ3) is 3.90. The van der Waals surface area contributed by atoms with Gasteiger partial charge < -0.3 is 20.2 Å². The average Bonchev–Trinajstić information content (AvgIpc) is 2.85. The predicted octanol–water partition coefficient (Wildman–Crippen LogP) is 2.95. The van der Waals surface area contributed by atoms with Crippen molar-refractivity contribution in [2.45, 2.75) is 43.7 Å². The Hall–Kier alpha value is -3.11. The molecule has 2 atom stereocenters. The lowest BCUT2D eigenvalue weighted by molar-refractivity contribution is -0.136. The molecular weight excluding hydrogens is 426 g/mol. The Morgan fingerprint density at radius 2 is 1.68 bits per heavy atom. The van der Waals surface area contributed by atoms with Gasteiger partial charge in [-0.2, -0.15) is 5.26 Å². The fourth-order valence-electron chi connectivity index (χ4n) is 7.11. The Kier molecular flexibility index (Phi) is 5.22. The van der Waals surface area contributed by atoms with Gasteiger partial charge in [-0.1, -0.05) is 6.07 Å². The van der Waals surface area contributed by atoms with E-state index in [1.807, 2.05) is 36.4 Å². The summed E-state index contributed by atoms with van der Waals surface area (Å²) >= 11 is 0. The summed E-state index contributed by atoms with van der Waals surface area (Å²) < 4.78 is 0. The highest BCUT2D eigenvalue weighted by Gasteiger charge is 2.55. The van der Waals surface area contributed by atoms with E-state index in [9.17, 15) is 9.90 Å². The summed E-state index contributed by atoms with van der Waals surface area (Å²) in [5.41, 5.74) is 1.78. The second kappa shape index (κ2) is 8.28. The molecule has 1 saturated heterocycles. The molecule has 0 radical (unpaired) electrons. The van der Waals surface area contributed by atoms with Gasteiger partial charge in [-0.3, -0.25) is 4.79 Å². The lowest BCUT2D eigenvalue weighted by Gasteiger charge is -2.58. The van der Waals surface area contributed by atoms with E-state index in [0.29, 0.717) is 29.0 Å². The SMILES string of the molecule is N#Cc1ccc(N2CCN(c3cccc(C(=O)NC4C5CC6CC4CC(O)(C6)C5)n3)CC2)cc1. The molecule has 176 valence electrons. The molecule has 1 aromatic heterocycles. The van der Waals surface area contributed by atoms with Crippen LogP contribution in [0.2, 0.25) is 0 Å². The number of aliphatic hydroxyl groups is 1. The van der Waals surface area contributed by atoms with Gasteiger partial charge >= 0.3 is 0 Å². The van der Waals surface area contributed by atoms with E-state index < -0.39 is 5.60 Å². The molecule has 4 saturated carbocycles. The molecule has 34 heavy (non-hydrogen) atoms. The van der Waals surface area contributed by atoms with E-state index in [0.717, 1.165) is 69.8 Å². The Morgan fingerprint density at radius 3 is 2.32 bits per heavy atom. The summed E-state index contributed by atoms with van der Waals surface area (Å²) in [6.45, 7) is 3.37. The Morgan fingerprint density at radius 1 is 1.00 bits per heavy atom. The third-order valence-electron chi connectivity index (χ3n) is 8.47. The molecular formula is C27H31N5O2. The van der Waals surface area contributed by atoms with Crippen molar-refractivity contribution in [1.82, 2.24) is 10.3 Å². The molecule has 2 aromatic rings. The second-order valence-electron chi connectivity index (χ2n) is 10.7. The molecule has 2 heterocycles. The van der Waals surface area contributed by atoms with Gasteiger partial charge in [0.15, 0.2) is 0 Å². The number of piperazine rings is 1. The largest absolute Gasteiger partial charge is 0.390 e. The second-order valence-corrected chi connectivity index (χ2v) is 10.7. The van der Waals surface area contributed by atoms with Crippen molar-refractivity contribution in [1.29, 1.82) is 5.26 Å². The smallest absolute Gasteiger partial charge is 0.270 e. The molecule has 7 rings (SSSR count). The Labute approximate surface area is 200 Å². The maximum absolute atomic E-state index is 13.2. The van der Waals surface area contributed by atoms with Gasteiger partial charge in [-0.15, -0.1) is 0 Å². The van der Waals surface area contributed by atoms with Crippen LogP contribution in [0.3, 0.4) is 0 Å². The fraction of sp³-hybridized carbons (Fsp3) is 0.519. The minimum Gasteiger partial charge on any atom is -0.390 e. The fourth-order valence-corrected chi connectivity index (χ4v) is 7.11. The first kappa shape index (κ1) is 21.4. The number of carbonyl (C=O) groups is 1. The molecule has 2 unspecified atom stereocenters. The zero-order valence-electron chi connectivity index (χ0n) is 19.4. The van der Waals surface area contributed by atoms with Crippen molar-refractivity contribution < 1.29 is 9.90 Å². The number of rotatable bonds is 4. The summed E-state index contributed by atoms with van der Waals surface area (Å²) in [6, 6.07) is 15.7. The van der Waals surface area contributed by atoms with Crippen molar-refractivity contribution in [2.75, 3.05) is 36.0 Å². The van der Waals surface area contributed by atoms with Gasteiger partial charge in [0.1, 0.15) is 11.5 Å². The summed E-state index contributed by atoms with van der Waals surface area (Å²) in [4.78, 5) is 22.4. The van der Waals surface area contributed by atoms with Crippen LogP contribution in [0.25, 0.3) is 0 Å². The summed E-state index contributed by atoms with van der Waals surface area (Å²) in [5, 5.41) is 23.1. The quantitative estimate of drug-likeness (QED) is 0.733. The topological polar surface area (TPSA) is 92.5 Å². The van der Waals surface area contributed by atoms with Crippen LogP contribution >= 0.6 is 0 Å². The Balaban J connectivity index is 1.09. The van der Waals surface area contributed by atoms with Crippen molar-refractivity contribution >= 4 is 17.4 Å². The van der Waals surface area contributed by atoms with Gasteiger partial charge in [0, 0.05) is 37.9 Å². The van der Waals surface area contributed by atoms with E-state index in [1.54, 1.807) is 6.07 Å². The molecule has 5 aliphatic rings. The summed E-state index contributed by atoms with van der Waals surface area (Å²) in [6.07, 6.45) is 4.84. The highest BCUT2D eigenvalue weighted by molar-refractivity contribution is 5.93. The zero-order valence-corrected chi connectivity index (χ0v) is 19.4. The molecule has 1 amide bonds. The molecule has 5 fully saturated rings. The monoisotopic (exact) mass is 457 g/mol. The molecule has 7 nitrogen and oxygen atoms in total. The summed E-state index contributed by atoms with van der Waals surface area (Å²) in [7, 11) is 0.